The Morgan fingerprint density at radius 3 is 2.42 bits per heavy atom. The molecule has 0 heterocycles. The minimum Gasteiger partial charge on any atom is -0.293 e. The van der Waals surface area contributed by atoms with E-state index in [0.29, 0.717) is 11.1 Å². The Kier molecular flexibility index (Phi) is 4.10. The van der Waals surface area contributed by atoms with Crippen LogP contribution in [-0.4, -0.2) is 5.78 Å². The van der Waals surface area contributed by atoms with E-state index in [-0.39, 0.29) is 17.5 Å². The van der Waals surface area contributed by atoms with Gasteiger partial charge in [0.1, 0.15) is 5.82 Å². The molecule has 1 nitrogen and oxygen atoms in total. The van der Waals surface area contributed by atoms with Crippen molar-refractivity contribution in [3.05, 3.63) is 71.0 Å². The van der Waals surface area contributed by atoms with Crippen LogP contribution in [0.2, 0.25) is 0 Å². The molecule has 0 aliphatic heterocycles. The van der Waals surface area contributed by atoms with Crippen LogP contribution in [0.15, 0.2) is 48.5 Å². The van der Waals surface area contributed by atoms with Crippen LogP contribution in [0.5, 0.6) is 0 Å². The summed E-state index contributed by atoms with van der Waals surface area (Å²) in [6.07, 6.45) is 0.736. The van der Waals surface area contributed by atoms with Crippen molar-refractivity contribution in [3.8, 4) is 0 Å². The average Bonchev–Trinajstić information content (AvgIpc) is 2.40. The maximum atomic E-state index is 13.1. The summed E-state index contributed by atoms with van der Waals surface area (Å²) in [7, 11) is 0. The van der Waals surface area contributed by atoms with E-state index < -0.39 is 0 Å². The highest BCUT2D eigenvalue weighted by atomic mass is 19.1. The number of aryl methyl sites for hydroxylation is 1. The average molecular weight is 256 g/mol. The van der Waals surface area contributed by atoms with Crippen LogP contribution in [0.25, 0.3) is 0 Å². The normalized spacial score (nSPS) is 12.2. The van der Waals surface area contributed by atoms with E-state index in [1.165, 1.54) is 12.1 Å². The van der Waals surface area contributed by atoms with Crippen molar-refractivity contribution >= 4 is 5.78 Å². The Hall–Kier alpha value is -1.96. The van der Waals surface area contributed by atoms with Crippen LogP contribution in [0.1, 0.15) is 40.7 Å². The fourth-order valence-electron chi connectivity index (χ4n) is 2.35. The predicted octanol–water partition coefficient (Wildman–Crippen LogP) is 4.51. The zero-order chi connectivity index (χ0) is 13.8. The predicted molar refractivity (Wildman–Crippen MR) is 74.9 cm³/mol. The highest BCUT2D eigenvalue weighted by Crippen LogP contribution is 2.25. The molecule has 0 aliphatic carbocycles. The molecule has 2 rings (SSSR count). The minimum atomic E-state index is -0.304. The molecule has 0 amide bonds. The fraction of sp³-hybridized carbons (Fsp3) is 0.235. The summed E-state index contributed by atoms with van der Waals surface area (Å²) < 4.78 is 13.1. The summed E-state index contributed by atoms with van der Waals surface area (Å²) in [4.78, 5) is 12.6. The molecule has 0 N–H and O–H groups in total. The highest BCUT2D eigenvalue weighted by Gasteiger charge is 2.21. The molecule has 0 aromatic heterocycles. The number of hydrogen-bond acceptors (Lipinski definition) is 1. The molecule has 0 saturated heterocycles. The number of benzene rings is 2. The highest BCUT2D eigenvalue weighted by molar-refractivity contribution is 6.02. The van der Waals surface area contributed by atoms with Gasteiger partial charge in [0.2, 0.25) is 0 Å². The second kappa shape index (κ2) is 5.79. The smallest absolute Gasteiger partial charge is 0.170 e. The van der Waals surface area contributed by atoms with E-state index in [4.69, 9.17) is 0 Å². The van der Waals surface area contributed by atoms with Crippen LogP contribution in [0, 0.1) is 12.7 Å². The first-order chi connectivity index (χ1) is 9.13. The topological polar surface area (TPSA) is 17.1 Å². The standard InChI is InChI=1S/C17H17FO/c1-3-15(13-7-5-4-6-8-13)17(19)16-10-9-14(18)11-12(16)2/h4-11,15H,3H2,1-2H3. The van der Waals surface area contributed by atoms with Crippen molar-refractivity contribution in [3.63, 3.8) is 0 Å². The number of halogens is 1. The lowest BCUT2D eigenvalue weighted by Crippen LogP contribution is -2.13. The van der Waals surface area contributed by atoms with Gasteiger partial charge in [0.25, 0.3) is 0 Å². The van der Waals surface area contributed by atoms with Gasteiger partial charge in [-0.05, 0) is 42.7 Å². The van der Waals surface area contributed by atoms with Gasteiger partial charge in [0, 0.05) is 11.5 Å². The molecule has 2 heteroatoms. The van der Waals surface area contributed by atoms with Crippen LogP contribution >= 0.6 is 0 Å². The first kappa shape index (κ1) is 13.5. The van der Waals surface area contributed by atoms with Gasteiger partial charge in [0.15, 0.2) is 5.78 Å². The molecular weight excluding hydrogens is 239 g/mol. The van der Waals surface area contributed by atoms with E-state index in [1.807, 2.05) is 37.3 Å². The molecule has 0 spiro atoms. The van der Waals surface area contributed by atoms with E-state index in [2.05, 4.69) is 0 Å². The van der Waals surface area contributed by atoms with Crippen molar-refractivity contribution in [1.29, 1.82) is 0 Å². The minimum absolute atomic E-state index is 0.0613. The number of carbonyl (C=O) groups excluding carboxylic acids is 1. The van der Waals surface area contributed by atoms with Crippen molar-refractivity contribution < 1.29 is 9.18 Å². The Morgan fingerprint density at radius 2 is 1.84 bits per heavy atom. The van der Waals surface area contributed by atoms with Gasteiger partial charge < -0.3 is 0 Å². The molecule has 19 heavy (non-hydrogen) atoms. The fourth-order valence-corrected chi connectivity index (χ4v) is 2.35. The third-order valence-corrected chi connectivity index (χ3v) is 3.38. The second-order valence-corrected chi connectivity index (χ2v) is 4.70. The van der Waals surface area contributed by atoms with Crippen LogP contribution in [0.3, 0.4) is 0 Å². The summed E-state index contributed by atoms with van der Waals surface area (Å²) >= 11 is 0. The van der Waals surface area contributed by atoms with Crippen molar-refractivity contribution in [2.75, 3.05) is 0 Å². The summed E-state index contributed by atoms with van der Waals surface area (Å²) in [5.74, 6) is -0.404. The molecular formula is C17H17FO. The SMILES string of the molecule is CCC(C(=O)c1ccc(F)cc1C)c1ccccc1. The lowest BCUT2D eigenvalue weighted by Gasteiger charge is -2.15. The van der Waals surface area contributed by atoms with Gasteiger partial charge in [-0.1, -0.05) is 37.3 Å². The van der Waals surface area contributed by atoms with Gasteiger partial charge in [-0.2, -0.15) is 0 Å². The molecule has 1 unspecified atom stereocenters. The summed E-state index contributed by atoms with van der Waals surface area (Å²) in [5.41, 5.74) is 2.32. The Labute approximate surface area is 113 Å². The maximum absolute atomic E-state index is 13.1. The van der Waals surface area contributed by atoms with Gasteiger partial charge in [-0.25, -0.2) is 4.39 Å². The number of ketones is 1. The van der Waals surface area contributed by atoms with Gasteiger partial charge in [0.05, 0.1) is 0 Å². The largest absolute Gasteiger partial charge is 0.293 e. The third kappa shape index (κ3) is 2.90. The molecule has 98 valence electrons. The molecule has 0 saturated carbocycles. The number of hydrogen-bond donors (Lipinski definition) is 0. The van der Waals surface area contributed by atoms with Gasteiger partial charge >= 0.3 is 0 Å². The Morgan fingerprint density at radius 1 is 1.16 bits per heavy atom. The lowest BCUT2D eigenvalue weighted by molar-refractivity contribution is 0.0956. The zero-order valence-corrected chi connectivity index (χ0v) is 11.2. The van der Waals surface area contributed by atoms with E-state index >= 15 is 0 Å². The summed E-state index contributed by atoms with van der Waals surface area (Å²) in [6.45, 7) is 3.77. The van der Waals surface area contributed by atoms with Gasteiger partial charge in [-0.3, -0.25) is 4.79 Å². The second-order valence-electron chi connectivity index (χ2n) is 4.70. The molecule has 0 aliphatic rings. The van der Waals surface area contributed by atoms with Crippen molar-refractivity contribution in [2.45, 2.75) is 26.2 Å². The number of carbonyl (C=O) groups is 1. The zero-order valence-electron chi connectivity index (χ0n) is 11.2. The van der Waals surface area contributed by atoms with Crippen molar-refractivity contribution in [2.24, 2.45) is 0 Å². The number of rotatable bonds is 4. The van der Waals surface area contributed by atoms with Crippen LogP contribution in [-0.2, 0) is 0 Å². The Balaban J connectivity index is 2.36. The van der Waals surface area contributed by atoms with E-state index in [9.17, 15) is 9.18 Å². The monoisotopic (exact) mass is 256 g/mol. The van der Waals surface area contributed by atoms with E-state index in [0.717, 1.165) is 12.0 Å². The number of Topliss-reactive ketones (excluding diaryl/α,β-unsaturated/α-hetero) is 1. The molecule has 2 aromatic rings. The first-order valence-corrected chi connectivity index (χ1v) is 6.48. The summed E-state index contributed by atoms with van der Waals surface area (Å²) in [5, 5.41) is 0. The quantitative estimate of drug-likeness (QED) is 0.735. The summed E-state index contributed by atoms with van der Waals surface area (Å²) in [6, 6.07) is 14.1. The molecule has 0 radical (unpaired) electrons. The van der Waals surface area contributed by atoms with Crippen molar-refractivity contribution in [1.82, 2.24) is 0 Å². The Bertz CT molecular complexity index is 575. The molecule has 0 fully saturated rings. The van der Waals surface area contributed by atoms with Crippen LogP contribution < -0.4 is 0 Å². The van der Waals surface area contributed by atoms with Gasteiger partial charge in [-0.15, -0.1) is 0 Å². The van der Waals surface area contributed by atoms with Crippen LogP contribution in [0.4, 0.5) is 4.39 Å². The molecule has 2 aromatic carbocycles. The maximum Gasteiger partial charge on any atom is 0.170 e. The molecule has 1 atom stereocenters. The lowest BCUT2D eigenvalue weighted by atomic mass is 9.87. The third-order valence-electron chi connectivity index (χ3n) is 3.38. The first-order valence-electron chi connectivity index (χ1n) is 6.48. The molecule has 0 bridgehead atoms. The van der Waals surface area contributed by atoms with E-state index in [1.54, 1.807) is 13.0 Å².